The molecule has 0 bridgehead atoms. The van der Waals surface area contributed by atoms with Crippen LogP contribution in [0.4, 0.5) is 0 Å². The summed E-state index contributed by atoms with van der Waals surface area (Å²) in [5, 5.41) is 0. The predicted molar refractivity (Wildman–Crippen MR) is 59.7 cm³/mol. The van der Waals surface area contributed by atoms with Gasteiger partial charge in [0.25, 0.3) is 10.1 Å². The third-order valence-corrected chi connectivity index (χ3v) is 4.03. The van der Waals surface area contributed by atoms with Gasteiger partial charge >= 0.3 is 0 Å². The zero-order valence-electron chi connectivity index (χ0n) is 9.81. The van der Waals surface area contributed by atoms with E-state index in [1.54, 1.807) is 7.11 Å². The zero-order valence-corrected chi connectivity index (χ0v) is 10.6. The van der Waals surface area contributed by atoms with Crippen LogP contribution in [0.15, 0.2) is 0 Å². The lowest BCUT2D eigenvalue weighted by molar-refractivity contribution is -0.139. The van der Waals surface area contributed by atoms with Crippen LogP contribution >= 0.6 is 0 Å². The van der Waals surface area contributed by atoms with Gasteiger partial charge in [-0.3, -0.25) is 4.55 Å². The van der Waals surface area contributed by atoms with Gasteiger partial charge in [0.05, 0.1) is 11.4 Å². The van der Waals surface area contributed by atoms with Crippen LogP contribution in [-0.2, 0) is 19.6 Å². The first-order chi connectivity index (χ1) is 7.35. The van der Waals surface area contributed by atoms with Crippen LogP contribution in [0, 0.1) is 5.92 Å². The van der Waals surface area contributed by atoms with E-state index in [2.05, 4.69) is 0 Å². The summed E-state index contributed by atoms with van der Waals surface area (Å²) in [7, 11) is -2.27. The fraction of sp³-hybridized carbons (Fsp3) is 1.00. The van der Waals surface area contributed by atoms with Gasteiger partial charge in [0.2, 0.25) is 0 Å². The molecule has 0 heterocycles. The van der Waals surface area contributed by atoms with Gasteiger partial charge in [-0.1, -0.05) is 0 Å². The van der Waals surface area contributed by atoms with Gasteiger partial charge in [-0.2, -0.15) is 8.42 Å². The van der Waals surface area contributed by atoms with Crippen LogP contribution in [-0.4, -0.2) is 38.2 Å². The molecule has 1 N–H and O–H groups in total. The predicted octanol–water partition coefficient (Wildman–Crippen LogP) is 1.44. The van der Waals surface area contributed by atoms with Crippen LogP contribution in [0.25, 0.3) is 0 Å². The van der Waals surface area contributed by atoms with Crippen LogP contribution in [0.3, 0.4) is 0 Å². The summed E-state index contributed by atoms with van der Waals surface area (Å²) in [5.41, 5.74) is -0.217. The second-order valence-corrected chi connectivity index (χ2v) is 6.19. The maximum Gasteiger partial charge on any atom is 0.265 e. The molecule has 6 heteroatoms. The Morgan fingerprint density at radius 3 is 2.38 bits per heavy atom. The highest BCUT2D eigenvalue weighted by Crippen LogP contribution is 2.35. The molecule has 0 aromatic rings. The Labute approximate surface area is 96.9 Å². The minimum Gasteiger partial charge on any atom is -0.359 e. The van der Waals surface area contributed by atoms with Crippen molar-refractivity contribution in [3.63, 3.8) is 0 Å². The van der Waals surface area contributed by atoms with Gasteiger partial charge < -0.3 is 9.47 Å². The maximum absolute atomic E-state index is 10.7. The standard InChI is InChI=1S/C10H20O5S/c1-10(15-8-14-2)5-3-9(4-6-10)7-16(11,12)13/h9H,3-8H2,1-2H3,(H,11,12,13). The first kappa shape index (κ1) is 13.9. The summed E-state index contributed by atoms with van der Waals surface area (Å²) in [4.78, 5) is 0. The molecule has 1 aliphatic rings. The van der Waals surface area contributed by atoms with Crippen molar-refractivity contribution < 1.29 is 22.4 Å². The van der Waals surface area contributed by atoms with Crippen molar-refractivity contribution in [3.05, 3.63) is 0 Å². The lowest BCUT2D eigenvalue weighted by atomic mass is 9.80. The average Bonchev–Trinajstić information content (AvgIpc) is 2.17. The second kappa shape index (κ2) is 5.44. The third kappa shape index (κ3) is 4.78. The largest absolute Gasteiger partial charge is 0.359 e. The number of hydrogen-bond donors (Lipinski definition) is 1. The van der Waals surface area contributed by atoms with Crippen molar-refractivity contribution >= 4 is 10.1 Å². The van der Waals surface area contributed by atoms with Crippen molar-refractivity contribution in [1.29, 1.82) is 0 Å². The van der Waals surface area contributed by atoms with Crippen molar-refractivity contribution in [1.82, 2.24) is 0 Å². The Kier molecular flexibility index (Phi) is 4.73. The summed E-state index contributed by atoms with van der Waals surface area (Å²) in [5.74, 6) is -0.0814. The molecule has 0 amide bonds. The molecule has 0 aliphatic heterocycles. The van der Waals surface area contributed by atoms with Gasteiger partial charge in [0.15, 0.2) is 0 Å². The quantitative estimate of drug-likeness (QED) is 0.592. The molecule has 0 saturated heterocycles. The van der Waals surface area contributed by atoms with Crippen LogP contribution in [0.5, 0.6) is 0 Å². The monoisotopic (exact) mass is 252 g/mol. The van der Waals surface area contributed by atoms with Crippen molar-refractivity contribution in [3.8, 4) is 0 Å². The highest BCUT2D eigenvalue weighted by Gasteiger charge is 2.33. The van der Waals surface area contributed by atoms with E-state index in [4.69, 9.17) is 14.0 Å². The molecule has 0 unspecified atom stereocenters. The van der Waals surface area contributed by atoms with E-state index >= 15 is 0 Å². The Morgan fingerprint density at radius 1 is 1.38 bits per heavy atom. The molecular formula is C10H20O5S. The Morgan fingerprint density at radius 2 is 1.94 bits per heavy atom. The Bertz CT molecular complexity index is 303. The second-order valence-electron chi connectivity index (χ2n) is 4.69. The van der Waals surface area contributed by atoms with E-state index in [-0.39, 0.29) is 24.1 Å². The molecule has 0 radical (unpaired) electrons. The minimum atomic E-state index is -3.84. The van der Waals surface area contributed by atoms with Crippen molar-refractivity contribution in [2.75, 3.05) is 19.7 Å². The summed E-state index contributed by atoms with van der Waals surface area (Å²) in [6.45, 7) is 2.27. The van der Waals surface area contributed by atoms with E-state index in [1.165, 1.54) is 0 Å². The molecule has 0 spiro atoms. The summed E-state index contributed by atoms with van der Waals surface area (Å²) >= 11 is 0. The summed E-state index contributed by atoms with van der Waals surface area (Å²) in [6, 6.07) is 0. The highest BCUT2D eigenvalue weighted by atomic mass is 32.2. The summed E-state index contributed by atoms with van der Waals surface area (Å²) in [6.07, 6.45) is 3.13. The lowest BCUT2D eigenvalue weighted by Gasteiger charge is -2.36. The van der Waals surface area contributed by atoms with Gasteiger partial charge in [-0.15, -0.1) is 0 Å². The van der Waals surface area contributed by atoms with Gasteiger partial charge in [0.1, 0.15) is 6.79 Å². The molecule has 1 rings (SSSR count). The molecular weight excluding hydrogens is 232 g/mol. The van der Waals surface area contributed by atoms with E-state index in [1.807, 2.05) is 6.92 Å². The Balaban J connectivity index is 2.38. The minimum absolute atomic E-state index is 0.0502. The third-order valence-electron chi connectivity index (χ3n) is 3.13. The number of rotatable bonds is 5. The highest BCUT2D eigenvalue weighted by molar-refractivity contribution is 7.85. The first-order valence-electron chi connectivity index (χ1n) is 5.43. The first-order valence-corrected chi connectivity index (χ1v) is 7.04. The van der Waals surface area contributed by atoms with Crippen LogP contribution in [0.1, 0.15) is 32.6 Å². The summed E-state index contributed by atoms with van der Waals surface area (Å²) < 4.78 is 40.7. The van der Waals surface area contributed by atoms with Crippen molar-refractivity contribution in [2.45, 2.75) is 38.2 Å². The van der Waals surface area contributed by atoms with Crippen LogP contribution in [0.2, 0.25) is 0 Å². The molecule has 1 saturated carbocycles. The van der Waals surface area contributed by atoms with E-state index < -0.39 is 10.1 Å². The molecule has 5 nitrogen and oxygen atoms in total. The Hall–Kier alpha value is -0.170. The fourth-order valence-corrected chi connectivity index (χ4v) is 3.03. The topological polar surface area (TPSA) is 72.8 Å². The van der Waals surface area contributed by atoms with Crippen molar-refractivity contribution in [2.24, 2.45) is 5.92 Å². The number of methoxy groups -OCH3 is 1. The smallest absolute Gasteiger partial charge is 0.265 e. The van der Waals surface area contributed by atoms with Crippen LogP contribution < -0.4 is 0 Å². The lowest BCUT2D eigenvalue weighted by Crippen LogP contribution is -2.36. The molecule has 16 heavy (non-hydrogen) atoms. The number of hydrogen-bond acceptors (Lipinski definition) is 4. The van der Waals surface area contributed by atoms with Gasteiger partial charge in [-0.05, 0) is 38.5 Å². The zero-order chi connectivity index (χ0) is 12.2. The molecule has 1 fully saturated rings. The molecule has 96 valence electrons. The van der Waals surface area contributed by atoms with E-state index in [0.717, 1.165) is 25.7 Å². The molecule has 0 atom stereocenters. The molecule has 1 aliphatic carbocycles. The molecule has 0 aromatic heterocycles. The average molecular weight is 252 g/mol. The molecule has 0 aromatic carbocycles. The van der Waals surface area contributed by atoms with E-state index in [9.17, 15) is 8.42 Å². The van der Waals surface area contributed by atoms with Gasteiger partial charge in [0, 0.05) is 7.11 Å². The maximum atomic E-state index is 10.7. The fourth-order valence-electron chi connectivity index (χ4n) is 2.10. The normalized spacial score (nSPS) is 31.6. The number of ether oxygens (including phenoxy) is 2. The van der Waals surface area contributed by atoms with E-state index in [0.29, 0.717) is 0 Å². The van der Waals surface area contributed by atoms with Gasteiger partial charge in [-0.25, -0.2) is 0 Å². The SMILES string of the molecule is COCOC1(C)CCC(CS(=O)(=O)O)CC1.